The zero-order valence-electron chi connectivity index (χ0n) is 18.6. The number of nitrogens with zero attached hydrogens (tertiary/aromatic N) is 1. The molecule has 3 aromatic carbocycles. The first-order valence-electron chi connectivity index (χ1n) is 11.2. The summed E-state index contributed by atoms with van der Waals surface area (Å²) in [4.78, 5) is 30.9. The molecule has 0 bridgehead atoms. The Hall–Kier alpha value is -3.13. The second kappa shape index (κ2) is 10.6. The molecule has 1 aromatic heterocycles. The lowest BCUT2D eigenvalue weighted by Crippen LogP contribution is -2.19. The van der Waals surface area contributed by atoms with Crippen LogP contribution in [0.5, 0.6) is 0 Å². The van der Waals surface area contributed by atoms with E-state index in [1.807, 2.05) is 84.2 Å². The van der Waals surface area contributed by atoms with Crippen molar-refractivity contribution >= 4 is 57.3 Å². The molecule has 2 amide bonds. The highest BCUT2D eigenvalue weighted by atomic mass is 35.5. The van der Waals surface area contributed by atoms with Crippen LogP contribution in [0.4, 0.5) is 10.8 Å². The van der Waals surface area contributed by atoms with Gasteiger partial charge in [-0.2, -0.15) is 0 Å². The van der Waals surface area contributed by atoms with Gasteiger partial charge in [-0.05, 0) is 48.7 Å². The molecule has 5 nitrogen and oxygen atoms in total. The Bertz CT molecular complexity index is 1340. The van der Waals surface area contributed by atoms with Crippen molar-refractivity contribution in [3.05, 3.63) is 94.8 Å². The summed E-state index contributed by atoms with van der Waals surface area (Å²) in [5.74, 6) is 0.0680. The van der Waals surface area contributed by atoms with Crippen molar-refractivity contribution in [2.45, 2.75) is 23.0 Å². The van der Waals surface area contributed by atoms with Gasteiger partial charge in [-0.1, -0.05) is 60.1 Å². The fourth-order valence-electron chi connectivity index (χ4n) is 3.54. The molecule has 0 aliphatic heterocycles. The van der Waals surface area contributed by atoms with Crippen LogP contribution in [0, 0.1) is 5.92 Å². The van der Waals surface area contributed by atoms with Gasteiger partial charge in [0.05, 0.1) is 5.69 Å². The average Bonchev–Trinajstić information content (AvgIpc) is 3.64. The van der Waals surface area contributed by atoms with Crippen LogP contribution in [0.1, 0.15) is 23.7 Å². The minimum atomic E-state index is -0.476. The maximum absolute atomic E-state index is 13.4. The summed E-state index contributed by atoms with van der Waals surface area (Å²) in [6.45, 7) is 0. The Morgan fingerprint density at radius 1 is 0.943 bits per heavy atom. The summed E-state index contributed by atoms with van der Waals surface area (Å²) in [6.07, 6.45) is 1.93. The van der Waals surface area contributed by atoms with Gasteiger partial charge in [0.2, 0.25) is 11.8 Å². The van der Waals surface area contributed by atoms with Crippen LogP contribution < -0.4 is 10.6 Å². The van der Waals surface area contributed by atoms with Gasteiger partial charge >= 0.3 is 0 Å². The Balaban J connectivity index is 1.31. The van der Waals surface area contributed by atoms with Gasteiger partial charge in [0.25, 0.3) is 0 Å². The Kier molecular flexibility index (Phi) is 7.18. The molecule has 1 unspecified atom stereocenters. The van der Waals surface area contributed by atoms with Crippen LogP contribution in [0.25, 0.3) is 11.3 Å². The van der Waals surface area contributed by atoms with Crippen LogP contribution in [-0.2, 0) is 9.59 Å². The number of thiazole rings is 1. The van der Waals surface area contributed by atoms with Crippen molar-refractivity contribution in [1.82, 2.24) is 4.98 Å². The third-order valence-electron chi connectivity index (χ3n) is 5.55. The topological polar surface area (TPSA) is 71.1 Å². The molecular weight excluding hydrogens is 498 g/mol. The lowest BCUT2D eigenvalue weighted by Gasteiger charge is -2.16. The molecule has 1 heterocycles. The van der Waals surface area contributed by atoms with Gasteiger partial charge < -0.3 is 10.6 Å². The highest BCUT2D eigenvalue weighted by Crippen LogP contribution is 2.38. The number of hydrogen-bond donors (Lipinski definition) is 2. The molecular formula is C27H22ClN3O2S2. The van der Waals surface area contributed by atoms with E-state index in [9.17, 15) is 9.59 Å². The Morgan fingerprint density at radius 2 is 1.66 bits per heavy atom. The van der Waals surface area contributed by atoms with E-state index in [1.54, 1.807) is 0 Å². The smallest absolute Gasteiger partial charge is 0.244 e. The summed E-state index contributed by atoms with van der Waals surface area (Å²) < 4.78 is 0. The molecule has 0 saturated heterocycles. The first kappa shape index (κ1) is 23.6. The SMILES string of the molecule is O=C(Nc1ccc(SC(C(=O)Nc2nc(-c3ccccc3Cl)cs2)c2ccccc2)cc1)C1CC1. The number of thioether (sulfide) groups is 1. The molecule has 5 rings (SSSR count). The summed E-state index contributed by atoms with van der Waals surface area (Å²) >= 11 is 9.12. The predicted octanol–water partition coefficient (Wildman–Crippen LogP) is 7.28. The number of halogens is 1. The van der Waals surface area contributed by atoms with E-state index in [0.717, 1.165) is 40.2 Å². The second-order valence-corrected chi connectivity index (χ2v) is 10.6. The van der Waals surface area contributed by atoms with E-state index in [1.165, 1.54) is 23.1 Å². The normalized spacial score (nSPS) is 13.7. The number of amides is 2. The lowest BCUT2D eigenvalue weighted by atomic mass is 10.1. The minimum Gasteiger partial charge on any atom is -0.326 e. The molecule has 35 heavy (non-hydrogen) atoms. The van der Waals surface area contributed by atoms with Crippen LogP contribution in [0.15, 0.2) is 89.1 Å². The maximum atomic E-state index is 13.4. The molecule has 176 valence electrons. The van der Waals surface area contributed by atoms with Crippen molar-refractivity contribution in [2.24, 2.45) is 5.92 Å². The van der Waals surface area contributed by atoms with Crippen LogP contribution >= 0.6 is 34.7 Å². The third kappa shape index (κ3) is 5.93. The van der Waals surface area contributed by atoms with Gasteiger partial charge in [-0.15, -0.1) is 23.1 Å². The largest absolute Gasteiger partial charge is 0.326 e. The number of carbonyl (C=O) groups is 2. The third-order valence-corrected chi connectivity index (χ3v) is 7.90. The molecule has 1 atom stereocenters. The van der Waals surface area contributed by atoms with Crippen LogP contribution in [0.3, 0.4) is 0 Å². The van der Waals surface area contributed by atoms with Crippen LogP contribution in [0.2, 0.25) is 5.02 Å². The molecule has 1 aliphatic carbocycles. The molecule has 0 radical (unpaired) electrons. The fraction of sp³-hybridized carbons (Fsp3) is 0.148. The number of nitrogens with one attached hydrogen (secondary N) is 2. The summed E-state index contributed by atoms with van der Waals surface area (Å²) in [5, 5.41) is 8.47. The van der Waals surface area contributed by atoms with Gasteiger partial charge in [0.15, 0.2) is 5.13 Å². The van der Waals surface area contributed by atoms with Gasteiger partial charge in [0.1, 0.15) is 5.25 Å². The van der Waals surface area contributed by atoms with Crippen molar-refractivity contribution in [1.29, 1.82) is 0 Å². The lowest BCUT2D eigenvalue weighted by molar-refractivity contribution is -0.117. The monoisotopic (exact) mass is 519 g/mol. The number of rotatable bonds is 8. The molecule has 1 fully saturated rings. The van der Waals surface area contributed by atoms with E-state index in [-0.39, 0.29) is 17.7 Å². The van der Waals surface area contributed by atoms with Gasteiger partial charge in [-0.3, -0.25) is 9.59 Å². The first-order valence-corrected chi connectivity index (χ1v) is 13.3. The number of benzene rings is 3. The van der Waals surface area contributed by atoms with Crippen molar-refractivity contribution in [3.8, 4) is 11.3 Å². The van der Waals surface area contributed by atoms with E-state index < -0.39 is 5.25 Å². The van der Waals surface area contributed by atoms with Gasteiger partial charge in [-0.25, -0.2) is 4.98 Å². The van der Waals surface area contributed by atoms with Crippen molar-refractivity contribution < 1.29 is 9.59 Å². The van der Waals surface area contributed by atoms with E-state index in [2.05, 4.69) is 15.6 Å². The molecule has 4 aromatic rings. The average molecular weight is 520 g/mol. The maximum Gasteiger partial charge on any atom is 0.244 e. The molecule has 1 aliphatic rings. The van der Waals surface area contributed by atoms with Crippen LogP contribution in [-0.4, -0.2) is 16.8 Å². The molecule has 2 N–H and O–H groups in total. The zero-order chi connectivity index (χ0) is 24.2. The molecule has 0 spiro atoms. The first-order chi connectivity index (χ1) is 17.1. The quantitative estimate of drug-likeness (QED) is 0.240. The minimum absolute atomic E-state index is 0.0755. The summed E-state index contributed by atoms with van der Waals surface area (Å²) in [5.41, 5.74) is 3.21. The highest BCUT2D eigenvalue weighted by Gasteiger charge is 2.29. The summed E-state index contributed by atoms with van der Waals surface area (Å²) in [7, 11) is 0. The standard InChI is InChI=1S/C27H22ClN3O2S2/c28-22-9-5-4-8-21(22)23-16-34-27(30-23)31-26(33)24(17-6-2-1-3-7-17)35-20-14-12-19(13-15-20)29-25(32)18-10-11-18/h1-9,12-16,18,24H,10-11H2,(H,29,32)(H,30,31,33). The number of anilines is 2. The van der Waals surface area contributed by atoms with Gasteiger partial charge in [0, 0.05) is 32.5 Å². The van der Waals surface area contributed by atoms with E-state index in [0.29, 0.717) is 10.2 Å². The van der Waals surface area contributed by atoms with E-state index >= 15 is 0 Å². The van der Waals surface area contributed by atoms with E-state index in [4.69, 9.17) is 11.6 Å². The molecule has 8 heteroatoms. The van der Waals surface area contributed by atoms with Crippen molar-refractivity contribution in [2.75, 3.05) is 10.6 Å². The number of carbonyl (C=O) groups excluding carboxylic acids is 2. The second-order valence-electron chi connectivity index (χ2n) is 8.20. The number of hydrogen-bond acceptors (Lipinski definition) is 5. The summed E-state index contributed by atoms with van der Waals surface area (Å²) in [6, 6.07) is 24.8. The fourth-order valence-corrected chi connectivity index (χ4v) is 5.51. The Morgan fingerprint density at radius 3 is 2.37 bits per heavy atom. The predicted molar refractivity (Wildman–Crippen MR) is 144 cm³/mol. The molecule has 1 saturated carbocycles. The zero-order valence-corrected chi connectivity index (χ0v) is 21.0. The highest BCUT2D eigenvalue weighted by molar-refractivity contribution is 8.00. The number of aromatic nitrogens is 1. The van der Waals surface area contributed by atoms with Crippen molar-refractivity contribution in [3.63, 3.8) is 0 Å². The Labute approximate surface area is 216 Å².